The number of carbonyl (C=O) groups is 1. The largest absolute Gasteiger partial charge is 0.497 e. The minimum absolute atomic E-state index is 0.293. The molecule has 7 nitrogen and oxygen atoms in total. The number of pyridine rings is 1. The minimum Gasteiger partial charge on any atom is -0.497 e. The van der Waals surface area contributed by atoms with Gasteiger partial charge in [-0.1, -0.05) is 35.4 Å². The number of nitrogens with zero attached hydrogens (tertiary/aromatic N) is 1. The molecule has 0 spiro atoms. The molecule has 0 bridgehead atoms. The van der Waals surface area contributed by atoms with Crippen LogP contribution >= 0.6 is 22.6 Å². The van der Waals surface area contributed by atoms with Gasteiger partial charge >= 0.3 is 5.97 Å². The van der Waals surface area contributed by atoms with E-state index in [9.17, 15) is 14.7 Å². The zero-order chi connectivity index (χ0) is 23.1. The highest BCUT2D eigenvalue weighted by atomic mass is 127. The number of halogens is 1. The van der Waals surface area contributed by atoms with E-state index in [1.807, 2.05) is 0 Å². The number of ether oxygens (including phenoxy) is 3. The summed E-state index contributed by atoms with van der Waals surface area (Å²) >= 11 is 2.38. The summed E-state index contributed by atoms with van der Waals surface area (Å²) in [6.07, 6.45) is 5.77. The standard InChI is InChI=1S/C24H26INO6/c1-30-18-11-16(12-19(13-18)31-2)26-15-21(24(28)29)23(27)20-8-7-17(14-22(20)26)32-10-6-4-3-5-9-25/h7-8,11-15H,3-6,9-10H2,1-2H3,(H,28,29). The van der Waals surface area contributed by atoms with Crippen molar-refractivity contribution in [3.63, 3.8) is 0 Å². The van der Waals surface area contributed by atoms with Crippen molar-refractivity contribution in [2.75, 3.05) is 25.3 Å². The average Bonchev–Trinajstić information content (AvgIpc) is 2.80. The average molecular weight is 551 g/mol. The Balaban J connectivity index is 2.06. The first kappa shape index (κ1) is 23.9. The van der Waals surface area contributed by atoms with Gasteiger partial charge in [-0.05, 0) is 29.4 Å². The third-order valence-electron chi connectivity index (χ3n) is 5.12. The van der Waals surface area contributed by atoms with E-state index in [0.29, 0.717) is 40.4 Å². The van der Waals surface area contributed by atoms with Crippen molar-refractivity contribution in [2.45, 2.75) is 25.7 Å². The fraction of sp³-hybridized carbons (Fsp3) is 0.333. The number of fused-ring (bicyclic) bond motifs is 1. The van der Waals surface area contributed by atoms with Crippen molar-refractivity contribution in [3.8, 4) is 22.9 Å². The summed E-state index contributed by atoms with van der Waals surface area (Å²) in [5.74, 6) is 0.425. The van der Waals surface area contributed by atoms with Crippen LogP contribution in [0, 0.1) is 0 Å². The molecule has 0 saturated carbocycles. The summed E-state index contributed by atoms with van der Waals surface area (Å²) in [6, 6.07) is 10.3. The Kier molecular flexibility index (Phi) is 8.38. The van der Waals surface area contributed by atoms with Gasteiger partial charge in [-0.15, -0.1) is 0 Å². The van der Waals surface area contributed by atoms with E-state index >= 15 is 0 Å². The summed E-state index contributed by atoms with van der Waals surface area (Å²) in [5, 5.41) is 9.86. The Labute approximate surface area is 200 Å². The van der Waals surface area contributed by atoms with Gasteiger partial charge in [0.1, 0.15) is 22.8 Å². The highest BCUT2D eigenvalue weighted by molar-refractivity contribution is 14.1. The van der Waals surface area contributed by atoms with E-state index in [0.717, 1.165) is 17.3 Å². The van der Waals surface area contributed by atoms with Gasteiger partial charge in [0.15, 0.2) is 0 Å². The lowest BCUT2D eigenvalue weighted by Gasteiger charge is -2.16. The number of carboxylic acid groups (broad SMARTS) is 1. The van der Waals surface area contributed by atoms with E-state index < -0.39 is 11.4 Å². The normalized spacial score (nSPS) is 10.8. The SMILES string of the molecule is COc1cc(OC)cc(-n2cc(C(=O)O)c(=O)c3ccc(OCCCCCCI)cc32)c1. The fourth-order valence-corrected chi connectivity index (χ4v) is 3.97. The lowest BCUT2D eigenvalue weighted by Crippen LogP contribution is -2.18. The Hall–Kier alpha value is -2.75. The summed E-state index contributed by atoms with van der Waals surface area (Å²) in [4.78, 5) is 24.5. The van der Waals surface area contributed by atoms with E-state index in [1.54, 1.807) is 41.0 Å². The van der Waals surface area contributed by atoms with Crippen LogP contribution in [0.1, 0.15) is 36.0 Å². The van der Waals surface area contributed by atoms with Gasteiger partial charge in [0.25, 0.3) is 0 Å². The van der Waals surface area contributed by atoms with E-state index in [1.165, 1.54) is 33.3 Å². The lowest BCUT2D eigenvalue weighted by molar-refractivity contribution is 0.0695. The maximum absolute atomic E-state index is 12.8. The fourth-order valence-electron chi connectivity index (χ4n) is 3.43. The van der Waals surface area contributed by atoms with Crippen LogP contribution < -0.4 is 19.6 Å². The van der Waals surface area contributed by atoms with Gasteiger partial charge in [0.2, 0.25) is 5.43 Å². The molecule has 0 radical (unpaired) electrons. The van der Waals surface area contributed by atoms with Crippen molar-refractivity contribution in [1.29, 1.82) is 0 Å². The molecule has 0 fully saturated rings. The van der Waals surface area contributed by atoms with Crippen LogP contribution in [0.25, 0.3) is 16.6 Å². The third-order valence-corrected chi connectivity index (χ3v) is 5.88. The molecule has 1 aromatic heterocycles. The molecule has 170 valence electrons. The van der Waals surface area contributed by atoms with Crippen molar-refractivity contribution >= 4 is 39.5 Å². The zero-order valence-electron chi connectivity index (χ0n) is 18.1. The van der Waals surface area contributed by atoms with Crippen molar-refractivity contribution < 1.29 is 24.1 Å². The molecule has 3 aromatic rings. The van der Waals surface area contributed by atoms with Crippen LogP contribution in [0.5, 0.6) is 17.2 Å². The van der Waals surface area contributed by atoms with Gasteiger partial charge in [-0.3, -0.25) is 4.79 Å². The molecule has 0 aliphatic carbocycles. The van der Waals surface area contributed by atoms with Crippen LogP contribution in [0.4, 0.5) is 0 Å². The van der Waals surface area contributed by atoms with Gasteiger partial charge in [-0.25, -0.2) is 4.79 Å². The highest BCUT2D eigenvalue weighted by Gasteiger charge is 2.17. The second-order valence-electron chi connectivity index (χ2n) is 7.25. The number of alkyl halides is 1. The monoisotopic (exact) mass is 551 g/mol. The van der Waals surface area contributed by atoms with Gasteiger partial charge in [-0.2, -0.15) is 0 Å². The molecule has 0 amide bonds. The molecule has 0 saturated heterocycles. The summed E-state index contributed by atoms with van der Waals surface area (Å²) in [5.41, 5.74) is 0.287. The van der Waals surface area contributed by atoms with E-state index in [-0.39, 0.29) is 5.56 Å². The number of benzene rings is 2. The topological polar surface area (TPSA) is 87.0 Å². The van der Waals surface area contributed by atoms with Crippen molar-refractivity contribution in [2.24, 2.45) is 0 Å². The predicted molar refractivity (Wildman–Crippen MR) is 132 cm³/mol. The summed E-state index contributed by atoms with van der Waals surface area (Å²) in [6.45, 7) is 0.581. The van der Waals surface area contributed by atoms with Crippen LogP contribution in [-0.4, -0.2) is 40.9 Å². The van der Waals surface area contributed by atoms with Crippen LogP contribution in [-0.2, 0) is 0 Å². The maximum Gasteiger partial charge on any atom is 0.341 e. The van der Waals surface area contributed by atoms with Crippen LogP contribution in [0.15, 0.2) is 47.4 Å². The smallest absolute Gasteiger partial charge is 0.341 e. The minimum atomic E-state index is -1.28. The second-order valence-corrected chi connectivity index (χ2v) is 8.33. The molecule has 8 heteroatoms. The Bertz CT molecular complexity index is 1130. The molecule has 0 aliphatic rings. The van der Waals surface area contributed by atoms with Crippen LogP contribution in [0.3, 0.4) is 0 Å². The molecule has 1 N–H and O–H groups in total. The number of aromatic carboxylic acids is 1. The first-order chi connectivity index (χ1) is 15.5. The van der Waals surface area contributed by atoms with E-state index in [2.05, 4.69) is 22.6 Å². The number of methoxy groups -OCH3 is 2. The maximum atomic E-state index is 12.8. The molecule has 0 unspecified atom stereocenters. The molecule has 32 heavy (non-hydrogen) atoms. The van der Waals surface area contributed by atoms with Gasteiger partial charge in [0, 0.05) is 35.8 Å². The Morgan fingerprint density at radius 2 is 1.66 bits per heavy atom. The molecular weight excluding hydrogens is 525 g/mol. The molecular formula is C24H26INO6. The highest BCUT2D eigenvalue weighted by Crippen LogP contribution is 2.28. The lowest BCUT2D eigenvalue weighted by atomic mass is 10.1. The first-order valence-electron chi connectivity index (χ1n) is 10.3. The number of rotatable bonds is 11. The Morgan fingerprint density at radius 1 is 0.969 bits per heavy atom. The number of hydrogen-bond donors (Lipinski definition) is 1. The quantitative estimate of drug-likeness (QED) is 0.203. The van der Waals surface area contributed by atoms with Gasteiger partial charge in [0.05, 0.1) is 32.0 Å². The molecule has 0 atom stereocenters. The number of aromatic nitrogens is 1. The molecule has 1 heterocycles. The van der Waals surface area contributed by atoms with Crippen molar-refractivity contribution in [3.05, 3.63) is 58.4 Å². The number of unbranched alkanes of at least 4 members (excludes halogenated alkanes) is 3. The summed E-state index contributed by atoms with van der Waals surface area (Å²) < 4.78 is 19.4. The molecule has 3 rings (SSSR count). The van der Waals surface area contributed by atoms with Gasteiger partial charge < -0.3 is 23.9 Å². The van der Waals surface area contributed by atoms with Crippen LogP contribution in [0.2, 0.25) is 0 Å². The summed E-state index contributed by atoms with van der Waals surface area (Å²) in [7, 11) is 3.08. The third kappa shape index (κ3) is 5.53. The number of hydrogen-bond acceptors (Lipinski definition) is 5. The first-order valence-corrected chi connectivity index (χ1v) is 11.9. The number of carboxylic acids is 1. The van der Waals surface area contributed by atoms with E-state index in [4.69, 9.17) is 14.2 Å². The molecule has 2 aromatic carbocycles. The molecule has 0 aliphatic heterocycles. The Morgan fingerprint density at radius 3 is 2.28 bits per heavy atom. The second kappa shape index (κ2) is 11.2. The zero-order valence-corrected chi connectivity index (χ0v) is 20.3. The van der Waals surface area contributed by atoms with Crippen molar-refractivity contribution in [1.82, 2.24) is 4.57 Å². The predicted octanol–water partition coefficient (Wildman–Crippen LogP) is 5.08.